The summed E-state index contributed by atoms with van der Waals surface area (Å²) in [7, 11) is 1.65. The molecule has 1 amide bonds. The van der Waals surface area contributed by atoms with Crippen LogP contribution in [-0.4, -0.2) is 34.1 Å². The molecule has 2 heterocycles. The van der Waals surface area contributed by atoms with Gasteiger partial charge in [0.05, 0.1) is 11.4 Å². The van der Waals surface area contributed by atoms with Crippen molar-refractivity contribution >= 4 is 17.2 Å². The van der Waals surface area contributed by atoms with Gasteiger partial charge in [-0.1, -0.05) is 18.1 Å². The van der Waals surface area contributed by atoms with Crippen molar-refractivity contribution in [3.05, 3.63) is 53.5 Å². The lowest BCUT2D eigenvalue weighted by molar-refractivity contribution is -0.138. The standard InChI is InChI=1S/C18H18FN3O3S/c1-3-14(24-13-8-6-12(19)7-9-13)18(23)22(2)11-16-20-17(21-25-16)15-5-4-10-26-15/h4-10,14H,3,11H2,1-2H3. The van der Waals surface area contributed by atoms with Crippen molar-refractivity contribution in [3.8, 4) is 16.5 Å². The summed E-state index contributed by atoms with van der Waals surface area (Å²) in [4.78, 5) is 19.3. The average Bonchev–Trinajstić information content (AvgIpc) is 3.32. The lowest BCUT2D eigenvalue weighted by Gasteiger charge is -2.22. The second kappa shape index (κ2) is 8.09. The summed E-state index contributed by atoms with van der Waals surface area (Å²) >= 11 is 1.51. The minimum atomic E-state index is -0.676. The summed E-state index contributed by atoms with van der Waals surface area (Å²) in [6.45, 7) is 2.03. The predicted molar refractivity (Wildman–Crippen MR) is 95.2 cm³/mol. The van der Waals surface area contributed by atoms with E-state index in [2.05, 4.69) is 10.1 Å². The molecule has 0 saturated carbocycles. The van der Waals surface area contributed by atoms with E-state index < -0.39 is 6.10 Å². The van der Waals surface area contributed by atoms with E-state index in [-0.39, 0.29) is 18.3 Å². The average molecular weight is 375 g/mol. The van der Waals surface area contributed by atoms with E-state index in [4.69, 9.17) is 9.26 Å². The maximum atomic E-state index is 13.0. The number of ether oxygens (including phenoxy) is 1. The zero-order valence-electron chi connectivity index (χ0n) is 14.4. The maximum Gasteiger partial charge on any atom is 0.263 e. The van der Waals surface area contributed by atoms with Crippen LogP contribution in [0.1, 0.15) is 19.2 Å². The van der Waals surface area contributed by atoms with E-state index in [1.54, 1.807) is 7.05 Å². The molecule has 3 rings (SSSR count). The van der Waals surface area contributed by atoms with Crippen molar-refractivity contribution in [1.29, 1.82) is 0 Å². The Morgan fingerprint density at radius 1 is 1.35 bits per heavy atom. The van der Waals surface area contributed by atoms with Crippen LogP contribution in [0.15, 0.2) is 46.3 Å². The molecule has 0 spiro atoms. The molecule has 2 aromatic heterocycles. The van der Waals surface area contributed by atoms with Gasteiger partial charge in [0.25, 0.3) is 5.91 Å². The Morgan fingerprint density at radius 2 is 2.12 bits per heavy atom. The highest BCUT2D eigenvalue weighted by atomic mass is 32.1. The monoisotopic (exact) mass is 375 g/mol. The third-order valence-electron chi connectivity index (χ3n) is 3.70. The van der Waals surface area contributed by atoms with Crippen LogP contribution in [0.3, 0.4) is 0 Å². The molecule has 8 heteroatoms. The fraction of sp³-hybridized carbons (Fsp3) is 0.278. The number of amides is 1. The summed E-state index contributed by atoms with van der Waals surface area (Å²) in [6, 6.07) is 9.39. The number of nitrogens with zero attached hydrogens (tertiary/aromatic N) is 3. The van der Waals surface area contributed by atoms with Gasteiger partial charge < -0.3 is 14.2 Å². The smallest absolute Gasteiger partial charge is 0.263 e. The number of aromatic nitrogens is 2. The molecule has 0 N–H and O–H groups in total. The van der Waals surface area contributed by atoms with E-state index in [9.17, 15) is 9.18 Å². The number of carbonyl (C=O) groups is 1. The van der Waals surface area contributed by atoms with Crippen LogP contribution in [0.25, 0.3) is 10.7 Å². The van der Waals surface area contributed by atoms with Crippen LogP contribution in [0.2, 0.25) is 0 Å². The maximum absolute atomic E-state index is 13.0. The van der Waals surface area contributed by atoms with Gasteiger partial charge >= 0.3 is 0 Å². The van der Waals surface area contributed by atoms with E-state index >= 15 is 0 Å². The molecular formula is C18H18FN3O3S. The first-order valence-corrected chi connectivity index (χ1v) is 8.98. The minimum absolute atomic E-state index is 0.181. The molecule has 0 aliphatic carbocycles. The van der Waals surface area contributed by atoms with Gasteiger partial charge in [-0.15, -0.1) is 11.3 Å². The Bertz CT molecular complexity index is 849. The molecule has 0 bridgehead atoms. The molecule has 0 fully saturated rings. The molecule has 136 valence electrons. The quantitative estimate of drug-likeness (QED) is 0.629. The molecule has 1 unspecified atom stereocenters. The third-order valence-corrected chi connectivity index (χ3v) is 4.56. The molecule has 0 saturated heterocycles. The topological polar surface area (TPSA) is 68.5 Å². The van der Waals surface area contributed by atoms with Crippen LogP contribution in [0.4, 0.5) is 4.39 Å². The van der Waals surface area contributed by atoms with Gasteiger partial charge in [-0.2, -0.15) is 4.98 Å². The number of thiophene rings is 1. The highest BCUT2D eigenvalue weighted by Crippen LogP contribution is 2.22. The van der Waals surface area contributed by atoms with Gasteiger partial charge in [0.15, 0.2) is 6.10 Å². The van der Waals surface area contributed by atoms with E-state index in [1.165, 1.54) is 40.5 Å². The Labute approximate surface area is 154 Å². The lowest BCUT2D eigenvalue weighted by Crippen LogP contribution is -2.39. The first-order chi connectivity index (χ1) is 12.6. The van der Waals surface area contributed by atoms with E-state index in [0.717, 1.165) is 4.88 Å². The van der Waals surface area contributed by atoms with Crippen molar-refractivity contribution in [2.75, 3.05) is 7.05 Å². The van der Waals surface area contributed by atoms with Crippen molar-refractivity contribution in [2.45, 2.75) is 26.0 Å². The van der Waals surface area contributed by atoms with Crippen molar-refractivity contribution in [3.63, 3.8) is 0 Å². The first-order valence-electron chi connectivity index (χ1n) is 8.10. The normalized spacial score (nSPS) is 12.0. The number of likely N-dealkylation sites (N-methyl/N-ethyl adjacent to an activating group) is 1. The van der Waals surface area contributed by atoms with Gasteiger partial charge in [0.1, 0.15) is 11.6 Å². The molecule has 1 atom stereocenters. The number of benzene rings is 1. The van der Waals surface area contributed by atoms with E-state index in [1.807, 2.05) is 24.4 Å². The molecule has 1 aromatic carbocycles. The fourth-order valence-corrected chi connectivity index (χ4v) is 2.99. The number of rotatable bonds is 7. The van der Waals surface area contributed by atoms with E-state index in [0.29, 0.717) is 23.9 Å². The van der Waals surface area contributed by atoms with Crippen LogP contribution >= 0.6 is 11.3 Å². The van der Waals surface area contributed by atoms with Crippen molar-refractivity contribution < 1.29 is 18.4 Å². The van der Waals surface area contributed by atoms with Gasteiger partial charge in [-0.3, -0.25) is 4.79 Å². The fourth-order valence-electron chi connectivity index (χ4n) is 2.34. The van der Waals surface area contributed by atoms with Gasteiger partial charge in [0.2, 0.25) is 11.7 Å². The van der Waals surface area contributed by atoms with Crippen LogP contribution < -0.4 is 4.74 Å². The van der Waals surface area contributed by atoms with Gasteiger partial charge in [0, 0.05) is 7.05 Å². The minimum Gasteiger partial charge on any atom is -0.481 e. The number of hydrogen-bond acceptors (Lipinski definition) is 6. The summed E-state index contributed by atoms with van der Waals surface area (Å²) in [5.74, 6) is 0.726. The van der Waals surface area contributed by atoms with Crippen LogP contribution in [0, 0.1) is 5.82 Å². The first kappa shape index (κ1) is 18.1. The molecule has 3 aromatic rings. The van der Waals surface area contributed by atoms with Crippen LogP contribution in [-0.2, 0) is 11.3 Å². The Balaban J connectivity index is 1.63. The molecule has 0 radical (unpaired) electrons. The highest BCUT2D eigenvalue weighted by molar-refractivity contribution is 7.13. The molecule has 0 aliphatic rings. The summed E-state index contributed by atoms with van der Waals surface area (Å²) in [6.07, 6.45) is -0.199. The predicted octanol–water partition coefficient (Wildman–Crippen LogP) is 3.75. The Morgan fingerprint density at radius 3 is 2.77 bits per heavy atom. The third kappa shape index (κ3) is 4.26. The molecule has 0 aliphatic heterocycles. The van der Waals surface area contributed by atoms with Crippen LogP contribution in [0.5, 0.6) is 5.75 Å². The summed E-state index contributed by atoms with van der Waals surface area (Å²) in [5, 5.41) is 5.86. The number of hydrogen-bond donors (Lipinski definition) is 0. The van der Waals surface area contributed by atoms with Crippen molar-refractivity contribution in [1.82, 2.24) is 15.0 Å². The second-order valence-corrected chi connectivity index (χ2v) is 6.60. The van der Waals surface area contributed by atoms with Crippen molar-refractivity contribution in [2.24, 2.45) is 0 Å². The van der Waals surface area contributed by atoms with Gasteiger partial charge in [-0.05, 0) is 42.1 Å². The Kier molecular flexibility index (Phi) is 5.62. The zero-order valence-corrected chi connectivity index (χ0v) is 15.2. The highest BCUT2D eigenvalue weighted by Gasteiger charge is 2.24. The Hall–Kier alpha value is -2.74. The number of halogens is 1. The van der Waals surface area contributed by atoms with Gasteiger partial charge in [-0.25, -0.2) is 4.39 Å². The SMILES string of the molecule is CCC(Oc1ccc(F)cc1)C(=O)N(C)Cc1nc(-c2cccs2)no1. The second-order valence-electron chi connectivity index (χ2n) is 5.65. The number of carbonyl (C=O) groups excluding carboxylic acids is 1. The molecule has 26 heavy (non-hydrogen) atoms. The lowest BCUT2D eigenvalue weighted by atomic mass is 10.2. The molecular weight excluding hydrogens is 357 g/mol. The summed E-state index contributed by atoms with van der Waals surface area (Å²) in [5.41, 5.74) is 0. The largest absolute Gasteiger partial charge is 0.481 e. The molecule has 6 nitrogen and oxygen atoms in total. The zero-order chi connectivity index (χ0) is 18.5. The summed E-state index contributed by atoms with van der Waals surface area (Å²) < 4.78 is 23.9.